The molecule has 0 atom stereocenters. The zero-order valence-corrected chi connectivity index (χ0v) is 10.3. The Morgan fingerprint density at radius 1 is 0.941 bits per heavy atom. The van der Waals surface area contributed by atoms with E-state index in [-0.39, 0.29) is 0 Å². The summed E-state index contributed by atoms with van der Waals surface area (Å²) in [5.41, 5.74) is 2.17. The maximum absolute atomic E-state index is 5.83. The van der Waals surface area contributed by atoms with E-state index < -0.39 is 0 Å². The molecular formula is C15H13ClO. The molecule has 0 fully saturated rings. The van der Waals surface area contributed by atoms with Crippen molar-refractivity contribution in [3.8, 4) is 5.75 Å². The van der Waals surface area contributed by atoms with Crippen molar-refractivity contribution in [3.05, 3.63) is 64.7 Å². The summed E-state index contributed by atoms with van der Waals surface area (Å²) in [4.78, 5) is 0. The van der Waals surface area contributed by atoms with E-state index >= 15 is 0 Å². The van der Waals surface area contributed by atoms with Crippen molar-refractivity contribution in [3.63, 3.8) is 0 Å². The molecule has 0 N–H and O–H groups in total. The largest absolute Gasteiger partial charge is 0.496 e. The number of rotatable bonds is 3. The summed E-state index contributed by atoms with van der Waals surface area (Å²) in [6.45, 7) is 0. The first-order valence-electron chi connectivity index (χ1n) is 5.36. The molecule has 2 aromatic rings. The van der Waals surface area contributed by atoms with Gasteiger partial charge in [0, 0.05) is 10.6 Å². The van der Waals surface area contributed by atoms with Crippen LogP contribution in [-0.2, 0) is 0 Å². The number of hydrogen-bond donors (Lipinski definition) is 0. The first-order chi connectivity index (χ1) is 8.29. The van der Waals surface area contributed by atoms with Gasteiger partial charge in [0.05, 0.1) is 7.11 Å². The molecule has 0 aliphatic heterocycles. The molecule has 0 spiro atoms. The van der Waals surface area contributed by atoms with Crippen LogP contribution in [0.4, 0.5) is 0 Å². The highest BCUT2D eigenvalue weighted by Gasteiger charge is 1.96. The van der Waals surface area contributed by atoms with Crippen LogP contribution in [-0.4, -0.2) is 7.11 Å². The van der Waals surface area contributed by atoms with Crippen molar-refractivity contribution in [1.29, 1.82) is 0 Å². The van der Waals surface area contributed by atoms with Crippen LogP contribution in [0.1, 0.15) is 11.1 Å². The van der Waals surface area contributed by atoms with Gasteiger partial charge in [-0.2, -0.15) is 0 Å². The molecular weight excluding hydrogens is 232 g/mol. The van der Waals surface area contributed by atoms with Crippen molar-refractivity contribution >= 4 is 23.8 Å². The Hall–Kier alpha value is -1.73. The molecule has 0 unspecified atom stereocenters. The van der Waals surface area contributed by atoms with Crippen molar-refractivity contribution in [2.45, 2.75) is 0 Å². The monoisotopic (exact) mass is 244 g/mol. The SMILES string of the molecule is COc1ccccc1/C=C/c1ccc(Cl)cc1. The molecule has 0 aromatic heterocycles. The van der Waals surface area contributed by atoms with Gasteiger partial charge in [0.25, 0.3) is 0 Å². The van der Waals surface area contributed by atoms with Crippen LogP contribution in [0.5, 0.6) is 5.75 Å². The van der Waals surface area contributed by atoms with Crippen LogP contribution in [0.25, 0.3) is 12.2 Å². The van der Waals surface area contributed by atoms with Crippen LogP contribution in [0.2, 0.25) is 5.02 Å². The summed E-state index contributed by atoms with van der Waals surface area (Å²) in [6, 6.07) is 15.6. The Morgan fingerprint density at radius 3 is 2.35 bits per heavy atom. The maximum atomic E-state index is 5.83. The zero-order chi connectivity index (χ0) is 12.1. The number of methoxy groups -OCH3 is 1. The van der Waals surface area contributed by atoms with Crippen molar-refractivity contribution < 1.29 is 4.74 Å². The Bertz CT molecular complexity index is 515. The number of halogens is 1. The third-order valence-electron chi connectivity index (χ3n) is 2.46. The quantitative estimate of drug-likeness (QED) is 0.722. The fraction of sp³-hybridized carbons (Fsp3) is 0.0667. The fourth-order valence-electron chi connectivity index (χ4n) is 1.56. The van der Waals surface area contributed by atoms with Gasteiger partial charge < -0.3 is 4.74 Å². The lowest BCUT2D eigenvalue weighted by atomic mass is 10.1. The van der Waals surface area contributed by atoms with Crippen LogP contribution in [0.3, 0.4) is 0 Å². The average molecular weight is 245 g/mol. The van der Waals surface area contributed by atoms with Gasteiger partial charge >= 0.3 is 0 Å². The second-order valence-electron chi connectivity index (χ2n) is 3.63. The highest BCUT2D eigenvalue weighted by atomic mass is 35.5. The van der Waals surface area contributed by atoms with Crippen LogP contribution >= 0.6 is 11.6 Å². The molecule has 0 heterocycles. The molecule has 17 heavy (non-hydrogen) atoms. The smallest absolute Gasteiger partial charge is 0.126 e. The third kappa shape index (κ3) is 3.11. The lowest BCUT2D eigenvalue weighted by molar-refractivity contribution is 0.414. The second-order valence-corrected chi connectivity index (χ2v) is 4.06. The molecule has 0 bridgehead atoms. The minimum atomic E-state index is 0.749. The Morgan fingerprint density at radius 2 is 1.65 bits per heavy atom. The van der Waals surface area contributed by atoms with Gasteiger partial charge in [0.15, 0.2) is 0 Å². The van der Waals surface area contributed by atoms with E-state index in [1.54, 1.807) is 7.11 Å². The first kappa shape index (κ1) is 11.7. The summed E-state index contributed by atoms with van der Waals surface area (Å²) in [5.74, 6) is 0.873. The van der Waals surface area contributed by atoms with Gasteiger partial charge in [-0.3, -0.25) is 0 Å². The number of benzene rings is 2. The zero-order valence-electron chi connectivity index (χ0n) is 9.56. The van der Waals surface area contributed by atoms with E-state index in [4.69, 9.17) is 16.3 Å². The second kappa shape index (κ2) is 5.55. The molecule has 0 aliphatic carbocycles. The molecule has 0 saturated carbocycles. The van der Waals surface area contributed by atoms with E-state index in [2.05, 4.69) is 0 Å². The summed E-state index contributed by atoms with van der Waals surface area (Å²) < 4.78 is 5.28. The Labute approximate surface area is 106 Å². The molecule has 0 saturated heterocycles. The van der Waals surface area contributed by atoms with E-state index in [9.17, 15) is 0 Å². The number of hydrogen-bond acceptors (Lipinski definition) is 1. The highest BCUT2D eigenvalue weighted by Crippen LogP contribution is 2.20. The Balaban J connectivity index is 2.22. The van der Waals surface area contributed by atoms with Gasteiger partial charge in [-0.1, -0.05) is 54.1 Å². The molecule has 0 amide bonds. The number of para-hydroxylation sites is 1. The maximum Gasteiger partial charge on any atom is 0.126 e. The summed E-state index contributed by atoms with van der Waals surface area (Å²) in [6.07, 6.45) is 4.07. The fourth-order valence-corrected chi connectivity index (χ4v) is 1.69. The summed E-state index contributed by atoms with van der Waals surface area (Å²) in [7, 11) is 1.68. The third-order valence-corrected chi connectivity index (χ3v) is 2.72. The molecule has 2 heteroatoms. The average Bonchev–Trinajstić information content (AvgIpc) is 2.38. The standard InChI is InChI=1S/C15H13ClO/c1-17-15-5-3-2-4-13(15)9-6-12-7-10-14(16)11-8-12/h2-11H,1H3/b9-6+. The molecule has 0 aliphatic rings. The number of ether oxygens (including phenoxy) is 1. The van der Waals surface area contributed by atoms with E-state index in [0.29, 0.717) is 0 Å². The minimum absolute atomic E-state index is 0.749. The first-order valence-corrected chi connectivity index (χ1v) is 5.74. The van der Waals surface area contributed by atoms with Crippen LogP contribution in [0, 0.1) is 0 Å². The molecule has 2 aromatic carbocycles. The molecule has 0 radical (unpaired) electrons. The van der Waals surface area contributed by atoms with Crippen LogP contribution in [0.15, 0.2) is 48.5 Å². The van der Waals surface area contributed by atoms with Crippen molar-refractivity contribution in [2.75, 3.05) is 7.11 Å². The lowest BCUT2D eigenvalue weighted by Gasteiger charge is -2.03. The van der Waals surface area contributed by atoms with Crippen molar-refractivity contribution in [2.24, 2.45) is 0 Å². The van der Waals surface area contributed by atoms with Gasteiger partial charge in [-0.25, -0.2) is 0 Å². The van der Waals surface area contributed by atoms with Gasteiger partial charge in [0.1, 0.15) is 5.75 Å². The van der Waals surface area contributed by atoms with Crippen molar-refractivity contribution in [1.82, 2.24) is 0 Å². The Kier molecular flexibility index (Phi) is 3.84. The molecule has 2 rings (SSSR count). The van der Waals surface area contributed by atoms with E-state index in [0.717, 1.165) is 21.9 Å². The lowest BCUT2D eigenvalue weighted by Crippen LogP contribution is -1.85. The van der Waals surface area contributed by atoms with Crippen LogP contribution < -0.4 is 4.74 Å². The van der Waals surface area contributed by atoms with Gasteiger partial charge in [-0.15, -0.1) is 0 Å². The normalized spacial score (nSPS) is 10.7. The van der Waals surface area contributed by atoms with E-state index in [1.165, 1.54) is 0 Å². The summed E-state index contributed by atoms with van der Waals surface area (Å²) >= 11 is 5.83. The predicted molar refractivity (Wildman–Crippen MR) is 73.4 cm³/mol. The molecule has 1 nitrogen and oxygen atoms in total. The van der Waals surface area contributed by atoms with Gasteiger partial charge in [0.2, 0.25) is 0 Å². The minimum Gasteiger partial charge on any atom is -0.496 e. The van der Waals surface area contributed by atoms with Gasteiger partial charge in [-0.05, 0) is 23.8 Å². The van der Waals surface area contributed by atoms with E-state index in [1.807, 2.05) is 60.7 Å². The highest BCUT2D eigenvalue weighted by molar-refractivity contribution is 6.30. The molecule has 86 valence electrons. The summed E-state index contributed by atoms with van der Waals surface area (Å²) in [5, 5.41) is 0.749. The predicted octanol–water partition coefficient (Wildman–Crippen LogP) is 4.52. The topological polar surface area (TPSA) is 9.23 Å².